The zero-order valence-corrected chi connectivity index (χ0v) is 20.7. The van der Waals surface area contributed by atoms with E-state index in [1.165, 1.54) is 11.8 Å². The van der Waals surface area contributed by atoms with Crippen molar-refractivity contribution in [2.24, 2.45) is 4.99 Å². The van der Waals surface area contributed by atoms with Crippen LogP contribution in [0.15, 0.2) is 33.7 Å². The zero-order chi connectivity index (χ0) is 19.0. The standard InChI is InChI=1S/C18H29BrN4O2S.HI/c1-3-20-18(21-10-13-26(2,24)25)22-17-8-11-23(12-9-17)14-15-4-6-16(19)7-5-15;/h4-7,17H,3,8-14H2,1-2H3,(H2,20,21,22);1H. The van der Waals surface area contributed by atoms with Gasteiger partial charge in [-0.1, -0.05) is 28.1 Å². The van der Waals surface area contributed by atoms with Gasteiger partial charge in [-0.2, -0.15) is 0 Å². The van der Waals surface area contributed by atoms with Crippen LogP contribution >= 0.6 is 39.9 Å². The lowest BCUT2D eigenvalue weighted by atomic mass is 10.0. The number of hydrogen-bond donors (Lipinski definition) is 2. The molecule has 0 aliphatic carbocycles. The molecule has 0 aromatic heterocycles. The summed E-state index contributed by atoms with van der Waals surface area (Å²) in [4.78, 5) is 6.85. The topological polar surface area (TPSA) is 73.8 Å². The van der Waals surface area contributed by atoms with Crippen molar-refractivity contribution in [1.82, 2.24) is 15.5 Å². The van der Waals surface area contributed by atoms with Crippen LogP contribution in [0.25, 0.3) is 0 Å². The molecule has 2 N–H and O–H groups in total. The lowest BCUT2D eigenvalue weighted by Crippen LogP contribution is -2.48. The van der Waals surface area contributed by atoms with Crippen molar-refractivity contribution in [3.63, 3.8) is 0 Å². The molecular weight excluding hydrogens is 543 g/mol. The number of likely N-dealkylation sites (tertiary alicyclic amines) is 1. The fraction of sp³-hybridized carbons (Fsp3) is 0.611. The third kappa shape index (κ3) is 10.1. The van der Waals surface area contributed by atoms with Gasteiger partial charge in [-0.15, -0.1) is 24.0 Å². The molecule has 1 aromatic rings. The van der Waals surface area contributed by atoms with Crippen LogP contribution in [0.1, 0.15) is 25.3 Å². The van der Waals surface area contributed by atoms with E-state index in [0.717, 1.165) is 43.5 Å². The summed E-state index contributed by atoms with van der Waals surface area (Å²) in [5, 5.41) is 6.64. The van der Waals surface area contributed by atoms with Crippen LogP contribution in [0.2, 0.25) is 0 Å². The Balaban J connectivity index is 0.00000364. The Morgan fingerprint density at radius 2 is 1.89 bits per heavy atom. The second-order valence-electron chi connectivity index (χ2n) is 6.71. The second kappa shape index (κ2) is 12.2. The van der Waals surface area contributed by atoms with E-state index in [-0.39, 0.29) is 36.3 Å². The predicted molar refractivity (Wildman–Crippen MR) is 127 cm³/mol. The molecule has 0 radical (unpaired) electrons. The first-order chi connectivity index (χ1) is 12.4. The maximum Gasteiger partial charge on any atom is 0.191 e. The molecule has 0 atom stereocenters. The fourth-order valence-corrected chi connectivity index (χ4v) is 3.61. The van der Waals surface area contributed by atoms with Crippen molar-refractivity contribution in [3.05, 3.63) is 34.3 Å². The number of piperidine rings is 1. The fourth-order valence-electron chi connectivity index (χ4n) is 2.92. The van der Waals surface area contributed by atoms with E-state index >= 15 is 0 Å². The highest BCUT2D eigenvalue weighted by atomic mass is 127. The van der Waals surface area contributed by atoms with Gasteiger partial charge < -0.3 is 10.6 Å². The first kappa shape index (κ1) is 24.6. The van der Waals surface area contributed by atoms with Crippen LogP contribution in [0.4, 0.5) is 0 Å². The van der Waals surface area contributed by atoms with Crippen LogP contribution in [0, 0.1) is 0 Å². The average Bonchev–Trinajstić information content (AvgIpc) is 2.58. The second-order valence-corrected chi connectivity index (χ2v) is 9.89. The highest BCUT2D eigenvalue weighted by molar-refractivity contribution is 14.0. The Kier molecular flexibility index (Phi) is 11.2. The molecular formula is C18H30BrIN4O2S. The average molecular weight is 573 g/mol. The minimum atomic E-state index is -2.98. The van der Waals surface area contributed by atoms with Gasteiger partial charge in [0.1, 0.15) is 9.84 Å². The van der Waals surface area contributed by atoms with Gasteiger partial charge in [0.15, 0.2) is 5.96 Å². The molecule has 2 rings (SSSR count). The maximum absolute atomic E-state index is 11.2. The molecule has 1 heterocycles. The van der Waals surface area contributed by atoms with E-state index in [9.17, 15) is 8.42 Å². The molecule has 1 saturated heterocycles. The largest absolute Gasteiger partial charge is 0.357 e. The van der Waals surface area contributed by atoms with Crippen molar-refractivity contribution in [2.75, 3.05) is 38.2 Å². The van der Waals surface area contributed by atoms with Gasteiger partial charge in [0, 0.05) is 42.9 Å². The van der Waals surface area contributed by atoms with Gasteiger partial charge in [0.25, 0.3) is 0 Å². The van der Waals surface area contributed by atoms with Crippen LogP contribution in [-0.4, -0.2) is 63.5 Å². The van der Waals surface area contributed by atoms with Crippen LogP contribution in [0.3, 0.4) is 0 Å². The summed E-state index contributed by atoms with van der Waals surface area (Å²) < 4.78 is 23.6. The Hall–Kier alpha value is -0.390. The Morgan fingerprint density at radius 3 is 2.44 bits per heavy atom. The molecule has 1 aliphatic rings. The van der Waals surface area contributed by atoms with Crippen molar-refractivity contribution in [3.8, 4) is 0 Å². The van der Waals surface area contributed by atoms with Crippen molar-refractivity contribution in [2.45, 2.75) is 32.4 Å². The minimum absolute atomic E-state index is 0. The molecule has 1 aliphatic heterocycles. The van der Waals surface area contributed by atoms with Crippen LogP contribution in [0.5, 0.6) is 0 Å². The third-order valence-electron chi connectivity index (χ3n) is 4.32. The van der Waals surface area contributed by atoms with E-state index in [4.69, 9.17) is 0 Å². The van der Waals surface area contributed by atoms with Crippen molar-refractivity contribution < 1.29 is 8.42 Å². The molecule has 0 bridgehead atoms. The monoisotopic (exact) mass is 572 g/mol. The summed E-state index contributed by atoms with van der Waals surface area (Å²) in [7, 11) is -2.98. The molecule has 0 amide bonds. The van der Waals surface area contributed by atoms with Crippen LogP contribution in [-0.2, 0) is 16.4 Å². The molecule has 9 heteroatoms. The Labute approximate surface area is 188 Å². The molecule has 1 fully saturated rings. The summed E-state index contributed by atoms with van der Waals surface area (Å²) in [6.07, 6.45) is 3.34. The molecule has 27 heavy (non-hydrogen) atoms. The SMILES string of the molecule is CCNC(=NCCS(C)(=O)=O)NC1CCN(Cc2ccc(Br)cc2)CC1.I. The number of sulfone groups is 1. The van der Waals surface area contributed by atoms with E-state index in [0.29, 0.717) is 12.0 Å². The number of benzene rings is 1. The summed E-state index contributed by atoms with van der Waals surface area (Å²) in [5.41, 5.74) is 1.33. The summed E-state index contributed by atoms with van der Waals surface area (Å²) in [6.45, 7) is 6.10. The number of nitrogens with one attached hydrogen (secondary N) is 2. The Bertz CT molecular complexity index is 690. The number of rotatable bonds is 7. The molecule has 0 saturated carbocycles. The Morgan fingerprint density at radius 1 is 1.26 bits per heavy atom. The van der Waals surface area contributed by atoms with E-state index in [2.05, 4.69) is 60.7 Å². The van der Waals surface area contributed by atoms with Crippen LogP contribution < -0.4 is 10.6 Å². The highest BCUT2D eigenvalue weighted by Gasteiger charge is 2.20. The number of guanidine groups is 1. The summed E-state index contributed by atoms with van der Waals surface area (Å²) in [6, 6.07) is 8.85. The van der Waals surface area contributed by atoms with Gasteiger partial charge >= 0.3 is 0 Å². The third-order valence-corrected chi connectivity index (χ3v) is 5.78. The van der Waals surface area contributed by atoms with Gasteiger partial charge in [-0.05, 0) is 37.5 Å². The quantitative estimate of drug-likeness (QED) is 0.298. The number of nitrogens with zero attached hydrogens (tertiary/aromatic N) is 2. The molecule has 0 spiro atoms. The minimum Gasteiger partial charge on any atom is -0.357 e. The zero-order valence-electron chi connectivity index (χ0n) is 15.9. The molecule has 154 valence electrons. The first-order valence-electron chi connectivity index (χ1n) is 9.05. The normalized spacial score (nSPS) is 16.6. The van der Waals surface area contributed by atoms with Crippen molar-refractivity contribution in [1.29, 1.82) is 0 Å². The van der Waals surface area contributed by atoms with E-state index in [1.54, 1.807) is 0 Å². The maximum atomic E-state index is 11.2. The molecule has 1 aromatic carbocycles. The first-order valence-corrected chi connectivity index (χ1v) is 11.9. The van der Waals surface area contributed by atoms with Gasteiger partial charge in [0.2, 0.25) is 0 Å². The van der Waals surface area contributed by atoms with E-state index < -0.39 is 9.84 Å². The number of aliphatic imine (C=N–C) groups is 1. The lowest BCUT2D eigenvalue weighted by Gasteiger charge is -2.33. The molecule has 0 unspecified atom stereocenters. The predicted octanol–water partition coefficient (Wildman–Crippen LogP) is 2.63. The summed E-state index contributed by atoms with van der Waals surface area (Å²) in [5.74, 6) is 0.789. The van der Waals surface area contributed by atoms with Crippen molar-refractivity contribution >= 4 is 55.7 Å². The van der Waals surface area contributed by atoms with E-state index in [1.807, 2.05) is 6.92 Å². The summed E-state index contributed by atoms with van der Waals surface area (Å²) >= 11 is 3.47. The highest BCUT2D eigenvalue weighted by Crippen LogP contribution is 2.16. The smallest absolute Gasteiger partial charge is 0.191 e. The van der Waals surface area contributed by atoms with Gasteiger partial charge in [0.05, 0.1) is 12.3 Å². The number of hydrogen-bond acceptors (Lipinski definition) is 4. The van der Waals surface area contributed by atoms with Gasteiger partial charge in [-0.3, -0.25) is 9.89 Å². The number of halogens is 2. The molecule has 6 nitrogen and oxygen atoms in total. The lowest BCUT2D eigenvalue weighted by molar-refractivity contribution is 0.198. The van der Waals surface area contributed by atoms with Gasteiger partial charge in [-0.25, -0.2) is 8.42 Å².